The van der Waals surface area contributed by atoms with Crippen LogP contribution in [0.1, 0.15) is 310 Å². The van der Waals surface area contributed by atoms with Gasteiger partial charge in [0, 0.05) is 19.3 Å². The van der Waals surface area contributed by atoms with Crippen molar-refractivity contribution in [1.82, 2.24) is 0 Å². The SMILES string of the molecule is CC/C=C\C/C=C\C/C=C\C/C=C\CCCCCCCCCCCCC(=O)OCC(COC(=O)CCCCCCC/C=C\C/C=C\CCCCCC)OC(=O)CCCCCCCCCCC/C=C\C/C=C\CCCCC. The summed E-state index contributed by atoms with van der Waals surface area (Å²) < 4.78 is 16.9. The van der Waals surface area contributed by atoms with E-state index < -0.39 is 6.10 Å². The van der Waals surface area contributed by atoms with Crippen LogP contribution in [0.15, 0.2) is 97.2 Å². The Morgan fingerprint density at radius 2 is 0.513 bits per heavy atom. The normalized spacial score (nSPS) is 12.7. The van der Waals surface area contributed by atoms with Crippen LogP contribution in [0.2, 0.25) is 0 Å². The lowest BCUT2D eigenvalue weighted by atomic mass is 10.1. The molecule has 0 aliphatic rings. The number of unbranched alkanes of at least 4 members (excludes halogenated alkanes) is 31. The summed E-state index contributed by atoms with van der Waals surface area (Å²) in [5, 5.41) is 0. The van der Waals surface area contributed by atoms with E-state index in [1.165, 1.54) is 161 Å². The van der Waals surface area contributed by atoms with Gasteiger partial charge in [-0.15, -0.1) is 0 Å². The van der Waals surface area contributed by atoms with Gasteiger partial charge in [-0.3, -0.25) is 14.4 Å². The van der Waals surface area contributed by atoms with Crippen molar-refractivity contribution >= 4 is 17.9 Å². The van der Waals surface area contributed by atoms with Crippen LogP contribution in [-0.4, -0.2) is 37.2 Å². The third-order valence-corrected chi connectivity index (χ3v) is 13.8. The van der Waals surface area contributed by atoms with Gasteiger partial charge in [0.25, 0.3) is 0 Å². The van der Waals surface area contributed by atoms with Gasteiger partial charge in [-0.05, 0) is 122 Å². The topological polar surface area (TPSA) is 78.9 Å². The molecule has 6 nitrogen and oxygen atoms in total. The van der Waals surface area contributed by atoms with Crippen LogP contribution in [0.5, 0.6) is 0 Å². The highest BCUT2D eigenvalue weighted by atomic mass is 16.6. The van der Waals surface area contributed by atoms with E-state index in [0.29, 0.717) is 19.3 Å². The van der Waals surface area contributed by atoms with E-state index in [9.17, 15) is 14.4 Å². The molecule has 0 aliphatic heterocycles. The lowest BCUT2D eigenvalue weighted by molar-refractivity contribution is -0.167. The number of allylic oxidation sites excluding steroid dienone is 16. The molecule has 0 saturated carbocycles. The second kappa shape index (κ2) is 63.9. The molecule has 0 spiro atoms. The van der Waals surface area contributed by atoms with Crippen LogP contribution in [-0.2, 0) is 28.6 Å². The largest absolute Gasteiger partial charge is 0.462 e. The molecule has 0 aromatic carbocycles. The van der Waals surface area contributed by atoms with Crippen LogP contribution in [0.3, 0.4) is 0 Å². The molecule has 0 radical (unpaired) electrons. The molecule has 0 bridgehead atoms. The van der Waals surface area contributed by atoms with Gasteiger partial charge >= 0.3 is 17.9 Å². The van der Waals surface area contributed by atoms with Crippen molar-refractivity contribution in [2.45, 2.75) is 316 Å². The van der Waals surface area contributed by atoms with Crippen molar-refractivity contribution in [3.05, 3.63) is 97.2 Å². The molecular formula is C70H120O6. The van der Waals surface area contributed by atoms with Crippen LogP contribution in [0, 0.1) is 0 Å². The summed E-state index contributed by atoms with van der Waals surface area (Å²) in [5.41, 5.74) is 0. The fourth-order valence-electron chi connectivity index (χ4n) is 8.97. The number of ether oxygens (including phenoxy) is 3. The van der Waals surface area contributed by atoms with Crippen molar-refractivity contribution in [1.29, 1.82) is 0 Å². The van der Waals surface area contributed by atoms with Gasteiger partial charge < -0.3 is 14.2 Å². The fraction of sp³-hybridized carbons (Fsp3) is 0.729. The molecule has 0 saturated heterocycles. The predicted octanol–water partition coefficient (Wildman–Crippen LogP) is 22.0. The highest BCUT2D eigenvalue weighted by Gasteiger charge is 2.19. The van der Waals surface area contributed by atoms with Crippen molar-refractivity contribution in [3.8, 4) is 0 Å². The van der Waals surface area contributed by atoms with Gasteiger partial charge in [0.2, 0.25) is 0 Å². The lowest BCUT2D eigenvalue weighted by Gasteiger charge is -2.18. The highest BCUT2D eigenvalue weighted by molar-refractivity contribution is 5.71. The molecule has 0 N–H and O–H groups in total. The van der Waals surface area contributed by atoms with E-state index in [1.54, 1.807) is 0 Å². The first-order chi connectivity index (χ1) is 37.5. The molecule has 0 heterocycles. The first-order valence-corrected chi connectivity index (χ1v) is 32.2. The molecular weight excluding hydrogens is 937 g/mol. The summed E-state index contributed by atoms with van der Waals surface area (Å²) >= 11 is 0. The summed E-state index contributed by atoms with van der Waals surface area (Å²) in [6.45, 7) is 6.50. The first kappa shape index (κ1) is 72.3. The molecule has 0 aromatic heterocycles. The van der Waals surface area contributed by atoms with Gasteiger partial charge in [0.1, 0.15) is 13.2 Å². The van der Waals surface area contributed by atoms with Crippen LogP contribution in [0.4, 0.5) is 0 Å². The molecule has 6 heteroatoms. The van der Waals surface area contributed by atoms with Crippen LogP contribution < -0.4 is 0 Å². The molecule has 76 heavy (non-hydrogen) atoms. The predicted molar refractivity (Wildman–Crippen MR) is 330 cm³/mol. The molecule has 1 unspecified atom stereocenters. The number of carbonyl (C=O) groups is 3. The summed E-state index contributed by atoms with van der Waals surface area (Å²) in [6, 6.07) is 0. The average molecular weight is 1060 g/mol. The zero-order valence-corrected chi connectivity index (χ0v) is 50.0. The molecule has 0 aliphatic carbocycles. The van der Waals surface area contributed by atoms with E-state index in [2.05, 4.69) is 118 Å². The maximum absolute atomic E-state index is 12.9. The molecule has 436 valence electrons. The van der Waals surface area contributed by atoms with E-state index in [-0.39, 0.29) is 31.1 Å². The second-order valence-corrected chi connectivity index (χ2v) is 21.3. The smallest absolute Gasteiger partial charge is 0.306 e. The van der Waals surface area contributed by atoms with Crippen LogP contribution >= 0.6 is 0 Å². The molecule has 0 amide bonds. The summed E-state index contributed by atoms with van der Waals surface area (Å²) in [4.78, 5) is 38.4. The Morgan fingerprint density at radius 1 is 0.276 bits per heavy atom. The monoisotopic (exact) mass is 1060 g/mol. The Labute approximate surface area is 470 Å². The van der Waals surface area contributed by atoms with E-state index >= 15 is 0 Å². The third-order valence-electron chi connectivity index (χ3n) is 13.8. The Balaban J connectivity index is 4.39. The molecule has 1 atom stereocenters. The zero-order valence-electron chi connectivity index (χ0n) is 50.0. The molecule has 0 fully saturated rings. The summed E-state index contributed by atoms with van der Waals surface area (Å²) in [5.74, 6) is -0.897. The second-order valence-electron chi connectivity index (χ2n) is 21.3. The Morgan fingerprint density at radius 3 is 0.829 bits per heavy atom. The van der Waals surface area contributed by atoms with Gasteiger partial charge in [0.15, 0.2) is 6.10 Å². The third kappa shape index (κ3) is 61.2. The Kier molecular flexibility index (Phi) is 60.8. The quantitative estimate of drug-likeness (QED) is 0.0261. The van der Waals surface area contributed by atoms with E-state index in [4.69, 9.17) is 14.2 Å². The van der Waals surface area contributed by atoms with Crippen molar-refractivity contribution < 1.29 is 28.6 Å². The van der Waals surface area contributed by atoms with Crippen molar-refractivity contribution in [2.75, 3.05) is 13.2 Å². The average Bonchev–Trinajstić information content (AvgIpc) is 3.42. The number of hydrogen-bond donors (Lipinski definition) is 0. The zero-order chi connectivity index (χ0) is 55.0. The minimum atomic E-state index is -0.790. The summed E-state index contributed by atoms with van der Waals surface area (Å²) in [7, 11) is 0. The van der Waals surface area contributed by atoms with Gasteiger partial charge in [-0.25, -0.2) is 0 Å². The van der Waals surface area contributed by atoms with Crippen LogP contribution in [0.25, 0.3) is 0 Å². The van der Waals surface area contributed by atoms with E-state index in [1.807, 2.05) is 0 Å². The minimum Gasteiger partial charge on any atom is -0.462 e. The maximum atomic E-state index is 12.9. The Hall–Kier alpha value is -3.67. The minimum absolute atomic E-state index is 0.0854. The van der Waals surface area contributed by atoms with Gasteiger partial charge in [0.05, 0.1) is 0 Å². The summed E-state index contributed by atoms with van der Waals surface area (Å²) in [6.07, 6.45) is 85.4. The highest BCUT2D eigenvalue weighted by Crippen LogP contribution is 2.16. The molecule has 0 aromatic rings. The number of hydrogen-bond acceptors (Lipinski definition) is 6. The maximum Gasteiger partial charge on any atom is 0.306 e. The fourth-order valence-corrected chi connectivity index (χ4v) is 8.97. The number of rotatable bonds is 58. The number of carbonyl (C=O) groups excluding carboxylic acids is 3. The van der Waals surface area contributed by atoms with Crippen molar-refractivity contribution in [3.63, 3.8) is 0 Å². The standard InChI is InChI=1S/C70H120O6/c1-4-7-10-13-16-19-22-25-28-31-33-34-35-36-38-39-42-45-48-51-54-57-60-63-69(72)75-66-67(65-74-68(71)62-59-56-53-50-47-44-41-30-27-24-21-18-15-12-9-6-3)76-70(73)64-61-58-55-52-49-46-43-40-37-32-29-26-23-20-17-14-11-8-5-2/h7,10,16-17,19-21,24-26,28-30,33-34,41,67H,4-6,8-9,11-15,18,22-23,27,31-32,35-40,42-66H2,1-3H3/b10-7-,19-16-,20-17-,24-21-,28-25-,29-26-,34-33-,41-30-. The Bertz CT molecular complexity index is 1490. The first-order valence-electron chi connectivity index (χ1n) is 32.2. The van der Waals surface area contributed by atoms with Gasteiger partial charge in [-0.1, -0.05) is 266 Å². The molecule has 0 rings (SSSR count). The van der Waals surface area contributed by atoms with Gasteiger partial charge in [-0.2, -0.15) is 0 Å². The van der Waals surface area contributed by atoms with E-state index in [0.717, 1.165) is 109 Å². The number of esters is 3. The van der Waals surface area contributed by atoms with Crippen molar-refractivity contribution in [2.24, 2.45) is 0 Å². The lowest BCUT2D eigenvalue weighted by Crippen LogP contribution is -2.30.